The molecule has 0 saturated carbocycles. The van der Waals surface area contributed by atoms with Gasteiger partial charge in [-0.05, 0) is 37.1 Å². The maximum atomic E-state index is 13.1. The topological polar surface area (TPSA) is 51.8 Å². The molecule has 0 aliphatic carbocycles. The molecule has 3 nitrogen and oxygen atoms in total. The lowest BCUT2D eigenvalue weighted by molar-refractivity contribution is 0.619. The molecule has 0 amide bonds. The van der Waals surface area contributed by atoms with Crippen molar-refractivity contribution in [2.75, 3.05) is 0 Å². The number of halogens is 1. The van der Waals surface area contributed by atoms with Gasteiger partial charge in [0.1, 0.15) is 15.8 Å². The minimum Gasteiger partial charge on any atom is -0.322 e. The summed E-state index contributed by atoms with van der Waals surface area (Å²) in [5.41, 5.74) is 7.38. The Kier molecular flexibility index (Phi) is 3.49. The first-order chi connectivity index (χ1) is 8.11. The van der Waals surface area contributed by atoms with E-state index in [0.29, 0.717) is 5.56 Å². The fraction of sp³-hybridized carbons (Fsp3) is 0.333. The Morgan fingerprint density at radius 2 is 2.18 bits per heavy atom. The number of nitrogens with zero attached hydrogens (tertiary/aromatic N) is 2. The first-order valence-electron chi connectivity index (χ1n) is 5.47. The highest BCUT2D eigenvalue weighted by Crippen LogP contribution is 2.28. The van der Waals surface area contributed by atoms with Crippen LogP contribution in [0.25, 0.3) is 10.6 Å². The average Bonchev–Trinajstić information content (AvgIpc) is 2.81. The van der Waals surface area contributed by atoms with Crippen LogP contribution in [0.2, 0.25) is 0 Å². The molecule has 1 heterocycles. The van der Waals surface area contributed by atoms with Gasteiger partial charge in [0.05, 0.1) is 6.04 Å². The quantitative estimate of drug-likeness (QED) is 0.912. The molecule has 1 unspecified atom stereocenters. The molecule has 0 aliphatic rings. The number of benzene rings is 1. The van der Waals surface area contributed by atoms with Gasteiger partial charge in [0.2, 0.25) is 0 Å². The van der Waals surface area contributed by atoms with Crippen molar-refractivity contribution in [3.05, 3.63) is 34.6 Å². The third-order valence-electron chi connectivity index (χ3n) is 2.60. The molecule has 1 aromatic heterocycles. The Labute approximate surface area is 104 Å². The highest BCUT2D eigenvalue weighted by molar-refractivity contribution is 7.14. The Morgan fingerprint density at radius 3 is 2.82 bits per heavy atom. The van der Waals surface area contributed by atoms with E-state index in [9.17, 15) is 4.39 Å². The fourth-order valence-corrected chi connectivity index (χ4v) is 2.38. The van der Waals surface area contributed by atoms with Crippen LogP contribution in [-0.2, 0) is 0 Å². The lowest BCUT2D eigenvalue weighted by atomic mass is 10.1. The van der Waals surface area contributed by atoms with Gasteiger partial charge in [-0.25, -0.2) is 4.39 Å². The third-order valence-corrected chi connectivity index (χ3v) is 3.71. The van der Waals surface area contributed by atoms with Gasteiger partial charge in [0.25, 0.3) is 0 Å². The maximum Gasteiger partial charge on any atom is 0.147 e. The Hall–Kier alpha value is -1.33. The molecule has 5 heteroatoms. The lowest BCUT2D eigenvalue weighted by Gasteiger charge is -2.01. The summed E-state index contributed by atoms with van der Waals surface area (Å²) in [7, 11) is 0. The molecule has 0 saturated heterocycles. The van der Waals surface area contributed by atoms with Gasteiger partial charge in [-0.1, -0.05) is 18.3 Å². The Balaban J connectivity index is 2.33. The average molecular weight is 251 g/mol. The van der Waals surface area contributed by atoms with E-state index >= 15 is 0 Å². The normalized spacial score (nSPS) is 12.7. The Bertz CT molecular complexity index is 524. The van der Waals surface area contributed by atoms with E-state index < -0.39 is 0 Å². The van der Waals surface area contributed by atoms with E-state index in [1.165, 1.54) is 17.4 Å². The first-order valence-corrected chi connectivity index (χ1v) is 6.29. The molecule has 1 aromatic carbocycles. The summed E-state index contributed by atoms with van der Waals surface area (Å²) >= 11 is 1.46. The summed E-state index contributed by atoms with van der Waals surface area (Å²) in [5, 5.41) is 9.77. The molecule has 1 atom stereocenters. The molecule has 0 bridgehead atoms. The molecule has 2 rings (SSSR count). The van der Waals surface area contributed by atoms with Gasteiger partial charge in [-0.2, -0.15) is 0 Å². The van der Waals surface area contributed by atoms with Gasteiger partial charge < -0.3 is 5.73 Å². The zero-order valence-electron chi connectivity index (χ0n) is 9.77. The Morgan fingerprint density at radius 1 is 1.41 bits per heavy atom. The standard InChI is InChI=1S/C12H14FN3S/c1-3-10(14)12-16-15-11(17-12)8-4-5-9(13)7(2)6-8/h4-6,10H,3,14H2,1-2H3. The van der Waals surface area contributed by atoms with Crippen molar-refractivity contribution in [2.24, 2.45) is 5.73 Å². The van der Waals surface area contributed by atoms with Crippen LogP contribution in [0, 0.1) is 12.7 Å². The first kappa shape index (κ1) is 12.1. The fourth-order valence-electron chi connectivity index (χ4n) is 1.45. The van der Waals surface area contributed by atoms with Crippen molar-refractivity contribution in [3.63, 3.8) is 0 Å². The molecule has 90 valence electrons. The van der Waals surface area contributed by atoms with Crippen LogP contribution in [0.15, 0.2) is 18.2 Å². The zero-order chi connectivity index (χ0) is 12.4. The molecule has 2 aromatic rings. The number of hydrogen-bond donors (Lipinski definition) is 1. The van der Waals surface area contributed by atoms with Crippen LogP contribution in [0.1, 0.15) is 30.0 Å². The van der Waals surface area contributed by atoms with E-state index in [0.717, 1.165) is 22.0 Å². The van der Waals surface area contributed by atoms with Gasteiger partial charge >= 0.3 is 0 Å². The number of rotatable bonds is 3. The molecule has 17 heavy (non-hydrogen) atoms. The van der Waals surface area contributed by atoms with Crippen LogP contribution in [0.3, 0.4) is 0 Å². The van der Waals surface area contributed by atoms with Gasteiger partial charge in [-0.15, -0.1) is 10.2 Å². The summed E-state index contributed by atoms with van der Waals surface area (Å²) < 4.78 is 13.1. The smallest absolute Gasteiger partial charge is 0.147 e. The van der Waals surface area contributed by atoms with E-state index in [1.807, 2.05) is 6.92 Å². The summed E-state index contributed by atoms with van der Waals surface area (Å²) in [4.78, 5) is 0. The van der Waals surface area contributed by atoms with Gasteiger partial charge in [0, 0.05) is 5.56 Å². The maximum absolute atomic E-state index is 13.1. The van der Waals surface area contributed by atoms with Crippen molar-refractivity contribution in [1.82, 2.24) is 10.2 Å². The van der Waals surface area contributed by atoms with Crippen LogP contribution in [0.4, 0.5) is 4.39 Å². The van der Waals surface area contributed by atoms with Crippen LogP contribution in [0.5, 0.6) is 0 Å². The monoisotopic (exact) mass is 251 g/mol. The molecule has 0 spiro atoms. The van der Waals surface area contributed by atoms with Crippen molar-refractivity contribution in [1.29, 1.82) is 0 Å². The number of nitrogens with two attached hydrogens (primary N) is 1. The third kappa shape index (κ3) is 2.50. The molecule has 0 fully saturated rings. The predicted molar refractivity (Wildman–Crippen MR) is 67.3 cm³/mol. The second kappa shape index (κ2) is 4.89. The van der Waals surface area contributed by atoms with E-state index in [4.69, 9.17) is 5.73 Å². The number of hydrogen-bond acceptors (Lipinski definition) is 4. The van der Waals surface area contributed by atoms with Crippen molar-refractivity contribution in [3.8, 4) is 10.6 Å². The summed E-state index contributed by atoms with van der Waals surface area (Å²) in [6, 6.07) is 4.87. The molecule has 2 N–H and O–H groups in total. The second-order valence-electron chi connectivity index (χ2n) is 3.92. The van der Waals surface area contributed by atoms with Crippen LogP contribution < -0.4 is 5.73 Å². The van der Waals surface area contributed by atoms with Crippen molar-refractivity contribution >= 4 is 11.3 Å². The second-order valence-corrected chi connectivity index (χ2v) is 4.93. The summed E-state index contributed by atoms with van der Waals surface area (Å²) in [5.74, 6) is -0.205. The molecule has 0 radical (unpaired) electrons. The van der Waals surface area contributed by atoms with Crippen molar-refractivity contribution < 1.29 is 4.39 Å². The zero-order valence-corrected chi connectivity index (χ0v) is 10.6. The lowest BCUT2D eigenvalue weighted by Crippen LogP contribution is -2.07. The minimum atomic E-state index is -0.205. The largest absolute Gasteiger partial charge is 0.322 e. The van der Waals surface area contributed by atoms with E-state index in [-0.39, 0.29) is 11.9 Å². The van der Waals surface area contributed by atoms with E-state index in [2.05, 4.69) is 10.2 Å². The van der Waals surface area contributed by atoms with Crippen molar-refractivity contribution in [2.45, 2.75) is 26.3 Å². The number of aromatic nitrogens is 2. The van der Waals surface area contributed by atoms with Crippen LogP contribution >= 0.6 is 11.3 Å². The number of aryl methyl sites for hydroxylation is 1. The minimum absolute atomic E-state index is 0.0669. The SMILES string of the molecule is CCC(N)c1nnc(-c2ccc(F)c(C)c2)s1. The highest BCUT2D eigenvalue weighted by atomic mass is 32.1. The molecule has 0 aliphatic heterocycles. The van der Waals surface area contributed by atoms with Crippen LogP contribution in [-0.4, -0.2) is 10.2 Å². The summed E-state index contributed by atoms with van der Waals surface area (Å²) in [6.45, 7) is 3.74. The van der Waals surface area contributed by atoms with E-state index in [1.54, 1.807) is 19.1 Å². The predicted octanol–water partition coefficient (Wildman–Crippen LogP) is 3.06. The highest BCUT2D eigenvalue weighted by Gasteiger charge is 2.12. The van der Waals surface area contributed by atoms with Gasteiger partial charge in [0.15, 0.2) is 0 Å². The van der Waals surface area contributed by atoms with Gasteiger partial charge in [-0.3, -0.25) is 0 Å². The molecular weight excluding hydrogens is 237 g/mol. The molecular formula is C12H14FN3S. The summed E-state index contributed by atoms with van der Waals surface area (Å²) in [6.07, 6.45) is 0.830.